The van der Waals surface area contributed by atoms with E-state index in [2.05, 4.69) is 228 Å². The second-order valence-electron chi connectivity index (χ2n) is 14.6. The first-order valence-electron chi connectivity index (χ1n) is 19.3. The lowest BCUT2D eigenvalue weighted by Crippen LogP contribution is -2.09. The van der Waals surface area contributed by atoms with Gasteiger partial charge in [0, 0.05) is 33.5 Å². The smallest absolute Gasteiger partial charge is 0.0547 e. The van der Waals surface area contributed by atoms with E-state index >= 15 is 0 Å². The molecule has 0 aliphatic heterocycles. The fourth-order valence-electron chi connectivity index (χ4n) is 8.64. The maximum Gasteiger partial charge on any atom is 0.0547 e. The van der Waals surface area contributed by atoms with E-state index in [1.807, 2.05) is 0 Å². The number of aromatic nitrogens is 1. The maximum absolute atomic E-state index is 2.44. The van der Waals surface area contributed by atoms with Gasteiger partial charge < -0.3 is 9.47 Å². The zero-order valence-corrected chi connectivity index (χ0v) is 30.7. The van der Waals surface area contributed by atoms with Gasteiger partial charge >= 0.3 is 0 Å². The molecule has 0 fully saturated rings. The zero-order valence-electron chi connectivity index (χ0n) is 30.7. The van der Waals surface area contributed by atoms with Crippen molar-refractivity contribution in [2.24, 2.45) is 0 Å². The highest BCUT2D eigenvalue weighted by atomic mass is 15.1. The molecular weight excluding hydrogens is 677 g/mol. The predicted octanol–water partition coefficient (Wildman–Crippen LogP) is 15.0. The van der Waals surface area contributed by atoms with E-state index in [4.69, 9.17) is 0 Å². The van der Waals surface area contributed by atoms with Gasteiger partial charge in [0.1, 0.15) is 0 Å². The van der Waals surface area contributed by atoms with E-state index < -0.39 is 0 Å². The molecule has 2 heteroatoms. The Labute approximate surface area is 326 Å². The number of anilines is 3. The Bertz CT molecular complexity index is 3060. The summed E-state index contributed by atoms with van der Waals surface area (Å²) in [6.45, 7) is 0. The van der Waals surface area contributed by atoms with Crippen molar-refractivity contribution in [3.8, 4) is 39.1 Å². The van der Waals surface area contributed by atoms with Crippen molar-refractivity contribution in [2.45, 2.75) is 0 Å². The first-order chi connectivity index (χ1) is 27.8. The van der Waals surface area contributed by atoms with E-state index in [1.54, 1.807) is 0 Å². The summed E-state index contributed by atoms with van der Waals surface area (Å²) in [6.07, 6.45) is 0. The van der Waals surface area contributed by atoms with Gasteiger partial charge in [-0.1, -0.05) is 158 Å². The van der Waals surface area contributed by atoms with Gasteiger partial charge in [0.05, 0.1) is 11.0 Å². The average molecular weight is 713 g/mol. The Morgan fingerprint density at radius 1 is 0.304 bits per heavy atom. The predicted molar refractivity (Wildman–Crippen MR) is 238 cm³/mol. The van der Waals surface area contributed by atoms with E-state index in [9.17, 15) is 0 Å². The van der Waals surface area contributed by atoms with Crippen molar-refractivity contribution >= 4 is 60.4 Å². The van der Waals surface area contributed by atoms with Crippen LogP contribution in [0.3, 0.4) is 0 Å². The lowest BCUT2D eigenvalue weighted by Gasteiger charge is -2.26. The fraction of sp³-hybridized carbons (Fsp3) is 0. The van der Waals surface area contributed by atoms with Crippen LogP contribution in [0, 0.1) is 0 Å². The Balaban J connectivity index is 1.01. The van der Waals surface area contributed by atoms with Crippen LogP contribution in [-0.4, -0.2) is 4.57 Å². The first-order valence-corrected chi connectivity index (χ1v) is 19.3. The first kappa shape index (κ1) is 32.0. The summed E-state index contributed by atoms with van der Waals surface area (Å²) in [5.74, 6) is 0. The molecular formula is C54H36N2. The Morgan fingerprint density at radius 2 is 0.804 bits per heavy atom. The van der Waals surface area contributed by atoms with Crippen molar-refractivity contribution in [3.63, 3.8) is 0 Å². The third-order valence-electron chi connectivity index (χ3n) is 11.4. The third kappa shape index (κ3) is 5.34. The minimum atomic E-state index is 1.11. The molecule has 1 heterocycles. The molecule has 262 valence electrons. The van der Waals surface area contributed by atoms with Crippen LogP contribution in [0.15, 0.2) is 218 Å². The Morgan fingerprint density at radius 3 is 1.43 bits per heavy atom. The van der Waals surface area contributed by atoms with E-state index in [1.165, 1.54) is 82.4 Å². The molecule has 2 nitrogen and oxygen atoms in total. The Kier molecular flexibility index (Phi) is 7.53. The highest BCUT2D eigenvalue weighted by molar-refractivity contribution is 6.26. The standard InChI is InChI=1S/C54H36N2/c1-3-10-37(11-4-1)40-18-26-45(27-19-40)55(46-28-20-41(21-29-46)38-12-5-2-6-13-38)47-30-23-42(24-31-47)49-34-35-52-54-50(49)33-25-43-16-9-17-51(53(43)54)56(52)48-32-22-39-14-7-8-15-44(39)36-48/h1-36H. The van der Waals surface area contributed by atoms with Crippen LogP contribution in [-0.2, 0) is 0 Å². The molecule has 56 heavy (non-hydrogen) atoms. The van der Waals surface area contributed by atoms with Gasteiger partial charge in [-0.15, -0.1) is 0 Å². The molecule has 0 radical (unpaired) electrons. The number of rotatable bonds is 7. The van der Waals surface area contributed by atoms with Crippen LogP contribution in [0.25, 0.3) is 82.4 Å². The third-order valence-corrected chi connectivity index (χ3v) is 11.4. The van der Waals surface area contributed by atoms with Crippen molar-refractivity contribution in [2.75, 3.05) is 4.90 Å². The molecule has 11 aromatic rings. The van der Waals surface area contributed by atoms with Gasteiger partial charge in [-0.05, 0) is 116 Å². The van der Waals surface area contributed by atoms with Crippen LogP contribution in [0.2, 0.25) is 0 Å². The van der Waals surface area contributed by atoms with E-state index in [-0.39, 0.29) is 0 Å². The number of fused-ring (bicyclic) bond motifs is 1. The highest BCUT2D eigenvalue weighted by Gasteiger charge is 2.20. The molecule has 0 N–H and O–H groups in total. The number of hydrogen-bond donors (Lipinski definition) is 0. The molecule has 0 bridgehead atoms. The maximum atomic E-state index is 2.44. The van der Waals surface area contributed by atoms with E-state index in [0.717, 1.165) is 17.1 Å². The molecule has 0 aliphatic carbocycles. The summed E-state index contributed by atoms with van der Waals surface area (Å²) in [5.41, 5.74) is 14.2. The molecule has 0 spiro atoms. The van der Waals surface area contributed by atoms with Gasteiger partial charge in [-0.2, -0.15) is 0 Å². The highest BCUT2D eigenvalue weighted by Crippen LogP contribution is 2.44. The molecule has 0 amide bonds. The molecule has 0 aliphatic rings. The lowest BCUT2D eigenvalue weighted by molar-refractivity contribution is 1.19. The van der Waals surface area contributed by atoms with Crippen LogP contribution >= 0.6 is 0 Å². The van der Waals surface area contributed by atoms with Crippen molar-refractivity contribution in [3.05, 3.63) is 218 Å². The molecule has 11 rings (SSSR count). The quantitative estimate of drug-likeness (QED) is 0.149. The van der Waals surface area contributed by atoms with Crippen molar-refractivity contribution in [1.82, 2.24) is 4.57 Å². The topological polar surface area (TPSA) is 8.17 Å². The summed E-state index contributed by atoms with van der Waals surface area (Å²) in [6, 6.07) is 79.3. The largest absolute Gasteiger partial charge is 0.311 e. The molecule has 10 aromatic carbocycles. The molecule has 0 saturated heterocycles. The summed E-state index contributed by atoms with van der Waals surface area (Å²) < 4.78 is 2.44. The molecule has 1 aromatic heterocycles. The van der Waals surface area contributed by atoms with Gasteiger partial charge in [0.2, 0.25) is 0 Å². The van der Waals surface area contributed by atoms with E-state index in [0.29, 0.717) is 0 Å². The molecule has 0 unspecified atom stereocenters. The lowest BCUT2D eigenvalue weighted by atomic mass is 9.94. The average Bonchev–Trinajstić information content (AvgIpc) is 3.62. The van der Waals surface area contributed by atoms with Crippen LogP contribution in [0.5, 0.6) is 0 Å². The van der Waals surface area contributed by atoms with Gasteiger partial charge in [-0.25, -0.2) is 0 Å². The van der Waals surface area contributed by atoms with Crippen LogP contribution < -0.4 is 4.90 Å². The molecule has 0 saturated carbocycles. The van der Waals surface area contributed by atoms with Crippen LogP contribution in [0.1, 0.15) is 0 Å². The molecule has 0 atom stereocenters. The van der Waals surface area contributed by atoms with Crippen LogP contribution in [0.4, 0.5) is 17.1 Å². The van der Waals surface area contributed by atoms with Gasteiger partial charge in [0.15, 0.2) is 0 Å². The van der Waals surface area contributed by atoms with Crippen molar-refractivity contribution < 1.29 is 0 Å². The number of benzene rings is 10. The SMILES string of the molecule is c1ccc(-c2ccc(N(c3ccc(-c4ccccc4)cc3)c3ccc(-c4ccc5c6c4ccc4cccc(c46)n5-c4ccc5ccccc5c4)cc3)cc2)cc1. The second kappa shape index (κ2) is 13.2. The zero-order chi connectivity index (χ0) is 37.0. The van der Waals surface area contributed by atoms with Crippen molar-refractivity contribution in [1.29, 1.82) is 0 Å². The monoisotopic (exact) mass is 712 g/mol. The number of hydrogen-bond acceptors (Lipinski definition) is 1. The number of nitrogens with zero attached hydrogens (tertiary/aromatic N) is 2. The fourth-order valence-corrected chi connectivity index (χ4v) is 8.64. The second-order valence-corrected chi connectivity index (χ2v) is 14.6. The summed E-state index contributed by atoms with van der Waals surface area (Å²) in [7, 11) is 0. The minimum absolute atomic E-state index is 1.11. The Hall–Kier alpha value is -7.42. The summed E-state index contributed by atoms with van der Waals surface area (Å²) in [4.78, 5) is 2.35. The summed E-state index contributed by atoms with van der Waals surface area (Å²) >= 11 is 0. The van der Waals surface area contributed by atoms with Gasteiger partial charge in [0.25, 0.3) is 0 Å². The summed E-state index contributed by atoms with van der Waals surface area (Å²) in [5, 5.41) is 7.65. The normalized spacial score (nSPS) is 11.6. The van der Waals surface area contributed by atoms with Gasteiger partial charge in [-0.3, -0.25) is 0 Å². The minimum Gasteiger partial charge on any atom is -0.311 e.